The second kappa shape index (κ2) is 7.66. The van der Waals surface area contributed by atoms with Crippen LogP contribution in [0.1, 0.15) is 30.2 Å². The van der Waals surface area contributed by atoms with Crippen molar-refractivity contribution in [2.75, 3.05) is 6.54 Å². The highest BCUT2D eigenvalue weighted by molar-refractivity contribution is 8.00. The van der Waals surface area contributed by atoms with Crippen LogP contribution in [-0.4, -0.2) is 27.7 Å². The first kappa shape index (κ1) is 16.8. The molecule has 2 N–H and O–H groups in total. The molecule has 1 aliphatic rings. The molecule has 0 spiro atoms. The molecule has 0 saturated carbocycles. The van der Waals surface area contributed by atoms with Crippen molar-refractivity contribution in [3.63, 3.8) is 0 Å². The Bertz CT molecular complexity index is 774. The van der Waals surface area contributed by atoms with Gasteiger partial charge in [-0.25, -0.2) is 4.98 Å². The van der Waals surface area contributed by atoms with E-state index in [1.807, 2.05) is 37.3 Å². The molecule has 1 aromatic carbocycles. The van der Waals surface area contributed by atoms with E-state index in [0.717, 1.165) is 36.9 Å². The van der Waals surface area contributed by atoms with Crippen LogP contribution in [-0.2, 0) is 24.1 Å². The maximum atomic E-state index is 12.2. The highest BCUT2D eigenvalue weighted by Gasteiger charge is 2.20. The van der Waals surface area contributed by atoms with Crippen molar-refractivity contribution in [1.29, 1.82) is 0 Å². The fourth-order valence-electron chi connectivity index (χ4n) is 2.81. The summed E-state index contributed by atoms with van der Waals surface area (Å²) in [6, 6.07) is 10.1. The number of nitrogens with zero attached hydrogens (tertiary/aromatic N) is 1. The first-order valence-electron chi connectivity index (χ1n) is 8.24. The molecule has 0 aliphatic heterocycles. The number of aromatic amines is 1. The molecule has 1 amide bonds. The maximum Gasteiger partial charge on any atom is 0.254 e. The SMILES string of the molecule is CC(Sc1nc2c(c(=O)[nH]1)CCC2)C(=O)NCCc1ccccc1. The van der Waals surface area contributed by atoms with E-state index in [4.69, 9.17) is 0 Å². The lowest BCUT2D eigenvalue weighted by atomic mass is 10.1. The van der Waals surface area contributed by atoms with E-state index < -0.39 is 0 Å². The topological polar surface area (TPSA) is 74.8 Å². The minimum absolute atomic E-state index is 0.0425. The van der Waals surface area contributed by atoms with Crippen LogP contribution >= 0.6 is 11.8 Å². The van der Waals surface area contributed by atoms with Gasteiger partial charge in [0.1, 0.15) is 0 Å². The van der Waals surface area contributed by atoms with Crippen LogP contribution in [0.15, 0.2) is 40.3 Å². The number of nitrogens with one attached hydrogen (secondary N) is 2. The lowest BCUT2D eigenvalue weighted by Gasteiger charge is -2.12. The Morgan fingerprint density at radius 2 is 2.12 bits per heavy atom. The Morgan fingerprint density at radius 1 is 1.33 bits per heavy atom. The van der Waals surface area contributed by atoms with Crippen LogP contribution in [0.4, 0.5) is 0 Å². The van der Waals surface area contributed by atoms with Crippen LogP contribution < -0.4 is 10.9 Å². The van der Waals surface area contributed by atoms with Gasteiger partial charge in [0, 0.05) is 12.1 Å². The summed E-state index contributed by atoms with van der Waals surface area (Å²) in [6.07, 6.45) is 3.44. The summed E-state index contributed by atoms with van der Waals surface area (Å²) in [6.45, 7) is 2.43. The van der Waals surface area contributed by atoms with Gasteiger partial charge in [-0.15, -0.1) is 0 Å². The Morgan fingerprint density at radius 3 is 2.92 bits per heavy atom. The summed E-state index contributed by atoms with van der Waals surface area (Å²) in [5, 5.41) is 3.17. The average molecular weight is 343 g/mol. The van der Waals surface area contributed by atoms with E-state index in [2.05, 4.69) is 15.3 Å². The molecule has 0 fully saturated rings. The predicted molar refractivity (Wildman–Crippen MR) is 95.4 cm³/mol. The van der Waals surface area contributed by atoms with Crippen molar-refractivity contribution < 1.29 is 4.79 Å². The van der Waals surface area contributed by atoms with Gasteiger partial charge in [0.25, 0.3) is 5.56 Å². The van der Waals surface area contributed by atoms with Crippen LogP contribution in [0.5, 0.6) is 0 Å². The number of carbonyl (C=O) groups is 1. The predicted octanol–water partition coefficient (Wildman–Crippen LogP) is 2.10. The summed E-state index contributed by atoms with van der Waals surface area (Å²) in [5.74, 6) is -0.0425. The fourth-order valence-corrected chi connectivity index (χ4v) is 3.65. The monoisotopic (exact) mass is 343 g/mol. The number of benzene rings is 1. The van der Waals surface area contributed by atoms with Crippen LogP contribution in [0.3, 0.4) is 0 Å². The zero-order valence-corrected chi connectivity index (χ0v) is 14.5. The van der Waals surface area contributed by atoms with Crippen molar-refractivity contribution in [3.05, 3.63) is 57.5 Å². The van der Waals surface area contributed by atoms with Gasteiger partial charge in [-0.2, -0.15) is 0 Å². The molecule has 1 aromatic heterocycles. The molecule has 1 unspecified atom stereocenters. The number of carbonyl (C=O) groups excluding carboxylic acids is 1. The average Bonchev–Trinajstić information content (AvgIpc) is 3.04. The van der Waals surface area contributed by atoms with Crippen molar-refractivity contribution in [2.45, 2.75) is 43.0 Å². The fraction of sp³-hybridized carbons (Fsp3) is 0.389. The molecule has 5 nitrogen and oxygen atoms in total. The number of thioether (sulfide) groups is 1. The molecule has 6 heteroatoms. The van der Waals surface area contributed by atoms with E-state index in [-0.39, 0.29) is 16.7 Å². The molecule has 0 saturated heterocycles. The van der Waals surface area contributed by atoms with Gasteiger partial charge >= 0.3 is 0 Å². The molecule has 0 radical (unpaired) electrons. The second-order valence-corrected chi connectivity index (χ2v) is 7.27. The van der Waals surface area contributed by atoms with Gasteiger partial charge in [0.05, 0.1) is 10.9 Å². The van der Waals surface area contributed by atoms with Gasteiger partial charge in [-0.05, 0) is 38.2 Å². The van der Waals surface area contributed by atoms with Crippen molar-refractivity contribution in [1.82, 2.24) is 15.3 Å². The number of amides is 1. The van der Waals surface area contributed by atoms with E-state index in [1.54, 1.807) is 0 Å². The van der Waals surface area contributed by atoms with Gasteiger partial charge in [0.2, 0.25) is 5.91 Å². The Hall–Kier alpha value is -2.08. The van der Waals surface area contributed by atoms with E-state index >= 15 is 0 Å². The Balaban J connectivity index is 1.53. The van der Waals surface area contributed by atoms with Gasteiger partial charge in [-0.3, -0.25) is 9.59 Å². The largest absolute Gasteiger partial charge is 0.355 e. The number of fused-ring (bicyclic) bond motifs is 1. The summed E-state index contributed by atoms with van der Waals surface area (Å²) < 4.78 is 0. The lowest BCUT2D eigenvalue weighted by molar-refractivity contribution is -0.120. The maximum absolute atomic E-state index is 12.2. The number of H-pyrrole nitrogens is 1. The van der Waals surface area contributed by atoms with Crippen molar-refractivity contribution >= 4 is 17.7 Å². The van der Waals surface area contributed by atoms with Gasteiger partial charge in [0.15, 0.2) is 5.16 Å². The minimum Gasteiger partial charge on any atom is -0.355 e. The Kier molecular flexibility index (Phi) is 5.35. The molecule has 1 atom stereocenters. The third-order valence-electron chi connectivity index (χ3n) is 4.13. The van der Waals surface area contributed by atoms with Crippen LogP contribution in [0, 0.1) is 0 Å². The molecule has 0 bridgehead atoms. The second-order valence-electron chi connectivity index (χ2n) is 5.94. The minimum atomic E-state index is -0.302. The highest BCUT2D eigenvalue weighted by atomic mass is 32.2. The number of hydrogen-bond donors (Lipinski definition) is 2. The molecule has 3 rings (SSSR count). The van der Waals surface area contributed by atoms with E-state index in [1.165, 1.54) is 17.3 Å². The van der Waals surface area contributed by atoms with E-state index in [0.29, 0.717) is 11.7 Å². The zero-order chi connectivity index (χ0) is 16.9. The summed E-state index contributed by atoms with van der Waals surface area (Å²) in [5.41, 5.74) is 2.83. The molecular formula is C18H21N3O2S. The number of hydrogen-bond acceptors (Lipinski definition) is 4. The molecule has 2 aromatic rings. The zero-order valence-electron chi connectivity index (χ0n) is 13.7. The molecule has 1 aliphatic carbocycles. The van der Waals surface area contributed by atoms with Gasteiger partial charge in [-0.1, -0.05) is 42.1 Å². The summed E-state index contributed by atoms with van der Waals surface area (Å²) in [4.78, 5) is 31.5. The lowest BCUT2D eigenvalue weighted by Crippen LogP contribution is -2.32. The quantitative estimate of drug-likeness (QED) is 0.622. The van der Waals surface area contributed by atoms with Gasteiger partial charge < -0.3 is 10.3 Å². The molecule has 24 heavy (non-hydrogen) atoms. The smallest absolute Gasteiger partial charge is 0.254 e. The number of rotatable bonds is 6. The van der Waals surface area contributed by atoms with Crippen molar-refractivity contribution in [3.8, 4) is 0 Å². The summed E-state index contributed by atoms with van der Waals surface area (Å²) >= 11 is 1.30. The third kappa shape index (κ3) is 4.06. The van der Waals surface area contributed by atoms with Crippen molar-refractivity contribution in [2.24, 2.45) is 0 Å². The molecular weight excluding hydrogens is 322 g/mol. The normalized spacial score (nSPS) is 14.2. The Labute approximate surface area is 145 Å². The number of aromatic nitrogens is 2. The summed E-state index contributed by atoms with van der Waals surface area (Å²) in [7, 11) is 0. The first-order valence-corrected chi connectivity index (χ1v) is 9.12. The molecule has 1 heterocycles. The van der Waals surface area contributed by atoms with Crippen LogP contribution in [0.2, 0.25) is 0 Å². The first-order chi connectivity index (χ1) is 11.6. The van der Waals surface area contributed by atoms with Crippen LogP contribution in [0.25, 0.3) is 0 Å². The highest BCUT2D eigenvalue weighted by Crippen LogP contribution is 2.22. The third-order valence-corrected chi connectivity index (χ3v) is 5.12. The molecule has 126 valence electrons. The van der Waals surface area contributed by atoms with E-state index in [9.17, 15) is 9.59 Å². The number of aryl methyl sites for hydroxylation is 1. The standard InChI is InChI=1S/C18H21N3O2S/c1-12(16(22)19-11-10-13-6-3-2-4-7-13)24-18-20-15-9-5-8-14(15)17(23)21-18/h2-4,6-7,12H,5,8-11H2,1H3,(H,19,22)(H,20,21,23).